The van der Waals surface area contributed by atoms with E-state index in [0.29, 0.717) is 12.8 Å². The second kappa shape index (κ2) is 7.51. The van der Waals surface area contributed by atoms with E-state index in [4.69, 9.17) is 0 Å². The fourth-order valence-electron chi connectivity index (χ4n) is 4.06. The van der Waals surface area contributed by atoms with E-state index in [-0.39, 0.29) is 19.6 Å². The van der Waals surface area contributed by atoms with Gasteiger partial charge in [0.1, 0.15) is 22.7 Å². The summed E-state index contributed by atoms with van der Waals surface area (Å²) in [6, 6.07) is 10.2. The topological polar surface area (TPSA) is 69.7 Å². The molecule has 1 spiro atoms. The first-order valence-corrected chi connectivity index (χ1v) is 9.74. The van der Waals surface area contributed by atoms with Gasteiger partial charge in [0.2, 0.25) is 0 Å². The lowest BCUT2D eigenvalue weighted by Crippen LogP contribution is -2.59. The molecular weight excluding hydrogens is 392 g/mol. The number of nitrogens with zero attached hydrogens (tertiary/aromatic N) is 2. The summed E-state index contributed by atoms with van der Waals surface area (Å²) in [5, 5.41) is 2.72. The summed E-state index contributed by atoms with van der Waals surface area (Å²) < 4.78 is 28.1. The Hall–Kier alpha value is -3.29. The third-order valence-corrected chi connectivity index (χ3v) is 5.66. The number of hydrogen-bond donors (Lipinski definition) is 1. The van der Waals surface area contributed by atoms with Crippen molar-refractivity contribution in [2.75, 3.05) is 13.1 Å². The van der Waals surface area contributed by atoms with Gasteiger partial charge in [0, 0.05) is 6.54 Å². The van der Waals surface area contributed by atoms with E-state index >= 15 is 0 Å². The van der Waals surface area contributed by atoms with E-state index in [0.717, 1.165) is 28.2 Å². The lowest BCUT2D eigenvalue weighted by molar-refractivity contribution is -0.133. The quantitative estimate of drug-likeness (QED) is 0.787. The number of urea groups is 1. The summed E-state index contributed by atoms with van der Waals surface area (Å²) in [4.78, 5) is 40.9. The minimum absolute atomic E-state index is 0.114. The van der Waals surface area contributed by atoms with E-state index in [9.17, 15) is 23.2 Å². The zero-order valence-electron chi connectivity index (χ0n) is 16.5. The minimum Gasteiger partial charge on any atom is -0.336 e. The Kier molecular flexibility index (Phi) is 5.01. The lowest BCUT2D eigenvalue weighted by Gasteiger charge is -2.38. The third kappa shape index (κ3) is 3.42. The Bertz CT molecular complexity index is 1000. The van der Waals surface area contributed by atoms with Gasteiger partial charge in [-0.25, -0.2) is 13.6 Å². The van der Waals surface area contributed by atoms with E-state index in [1.807, 2.05) is 31.2 Å². The first-order chi connectivity index (χ1) is 14.3. The Morgan fingerprint density at radius 3 is 2.43 bits per heavy atom. The maximum Gasteiger partial charge on any atom is 0.325 e. The molecule has 2 aromatic rings. The van der Waals surface area contributed by atoms with Crippen LogP contribution in [0.4, 0.5) is 13.6 Å². The molecule has 4 amide bonds. The highest BCUT2D eigenvalue weighted by Gasteiger charge is 2.53. The molecule has 0 aromatic heterocycles. The van der Waals surface area contributed by atoms with Gasteiger partial charge in [0.15, 0.2) is 0 Å². The number of aryl methyl sites for hydroxylation is 1. The number of nitrogens with one attached hydrogen (secondary N) is 1. The van der Waals surface area contributed by atoms with Gasteiger partial charge >= 0.3 is 6.03 Å². The SMILES string of the molecule is Cc1ccc(CN2C(=O)NC3(CCCN(C(=O)c4c(F)cccc4F)C3)C2=O)cc1. The van der Waals surface area contributed by atoms with Crippen LogP contribution in [0.5, 0.6) is 0 Å². The highest BCUT2D eigenvalue weighted by Crippen LogP contribution is 2.30. The highest BCUT2D eigenvalue weighted by molar-refractivity contribution is 6.07. The normalized spacial score (nSPS) is 21.3. The number of rotatable bonds is 3. The van der Waals surface area contributed by atoms with Crippen molar-refractivity contribution in [1.82, 2.24) is 15.1 Å². The second-order valence-electron chi connectivity index (χ2n) is 7.82. The van der Waals surface area contributed by atoms with Crippen molar-refractivity contribution in [3.63, 3.8) is 0 Å². The Morgan fingerprint density at radius 2 is 1.77 bits per heavy atom. The number of imide groups is 1. The number of halogens is 2. The average molecular weight is 413 g/mol. The minimum atomic E-state index is -1.28. The van der Waals surface area contributed by atoms with Crippen molar-refractivity contribution in [1.29, 1.82) is 0 Å². The molecule has 4 rings (SSSR count). The summed E-state index contributed by atoms with van der Waals surface area (Å²) >= 11 is 0. The van der Waals surface area contributed by atoms with Crippen LogP contribution in [-0.4, -0.2) is 46.3 Å². The number of carbonyl (C=O) groups is 3. The van der Waals surface area contributed by atoms with E-state index < -0.39 is 40.6 Å². The van der Waals surface area contributed by atoms with Crippen molar-refractivity contribution in [3.8, 4) is 0 Å². The summed E-state index contributed by atoms with van der Waals surface area (Å²) in [6.45, 7) is 2.17. The molecule has 0 saturated carbocycles. The standard InChI is InChI=1S/C22H21F2N3O3/c1-14-6-8-15(9-7-14)12-27-20(29)22(25-21(27)30)10-3-11-26(13-22)19(28)18-16(23)4-2-5-17(18)24/h2,4-9H,3,10-13H2,1H3,(H,25,30). The number of amides is 4. The molecule has 156 valence electrons. The van der Waals surface area contributed by atoms with Crippen molar-refractivity contribution < 1.29 is 23.2 Å². The molecule has 6 nitrogen and oxygen atoms in total. The molecular formula is C22H21F2N3O3. The Labute approximate surface area is 172 Å². The summed E-state index contributed by atoms with van der Waals surface area (Å²) in [5.74, 6) is -3.17. The van der Waals surface area contributed by atoms with Crippen molar-refractivity contribution in [2.45, 2.75) is 31.8 Å². The number of benzene rings is 2. The molecule has 1 unspecified atom stereocenters. The predicted molar refractivity (Wildman–Crippen MR) is 104 cm³/mol. The fourth-order valence-corrected chi connectivity index (χ4v) is 4.06. The van der Waals surface area contributed by atoms with Crippen molar-refractivity contribution >= 4 is 17.8 Å². The van der Waals surface area contributed by atoms with Gasteiger partial charge in [0.25, 0.3) is 11.8 Å². The maximum atomic E-state index is 14.1. The molecule has 30 heavy (non-hydrogen) atoms. The van der Waals surface area contributed by atoms with Crippen LogP contribution in [0.2, 0.25) is 0 Å². The molecule has 0 radical (unpaired) electrons. The molecule has 8 heteroatoms. The first kappa shape index (κ1) is 20.0. The van der Waals surface area contributed by atoms with Gasteiger partial charge in [-0.3, -0.25) is 14.5 Å². The fraction of sp³-hybridized carbons (Fsp3) is 0.318. The summed E-state index contributed by atoms with van der Waals surface area (Å²) in [6.07, 6.45) is 0.776. The molecule has 1 N–H and O–H groups in total. The highest BCUT2D eigenvalue weighted by atomic mass is 19.1. The molecule has 1 atom stereocenters. The van der Waals surface area contributed by atoms with Crippen LogP contribution in [0.15, 0.2) is 42.5 Å². The molecule has 2 saturated heterocycles. The zero-order valence-corrected chi connectivity index (χ0v) is 16.5. The monoisotopic (exact) mass is 413 g/mol. The van der Waals surface area contributed by atoms with Crippen LogP contribution < -0.4 is 5.32 Å². The number of piperidine rings is 1. The largest absolute Gasteiger partial charge is 0.336 e. The van der Waals surface area contributed by atoms with Gasteiger partial charge in [-0.15, -0.1) is 0 Å². The van der Waals surface area contributed by atoms with Crippen LogP contribution >= 0.6 is 0 Å². The summed E-state index contributed by atoms with van der Waals surface area (Å²) in [5.41, 5.74) is -0.0624. The van der Waals surface area contributed by atoms with E-state index in [1.165, 1.54) is 11.0 Å². The Morgan fingerprint density at radius 1 is 1.10 bits per heavy atom. The second-order valence-corrected chi connectivity index (χ2v) is 7.82. The van der Waals surface area contributed by atoms with E-state index in [2.05, 4.69) is 5.32 Å². The zero-order chi connectivity index (χ0) is 21.5. The van der Waals surface area contributed by atoms with Gasteiger partial charge in [-0.2, -0.15) is 0 Å². The molecule has 0 bridgehead atoms. The molecule has 2 fully saturated rings. The summed E-state index contributed by atoms with van der Waals surface area (Å²) in [7, 11) is 0. The first-order valence-electron chi connectivity index (χ1n) is 9.74. The number of likely N-dealkylation sites (tertiary alicyclic amines) is 1. The number of hydrogen-bond acceptors (Lipinski definition) is 3. The number of carbonyl (C=O) groups excluding carboxylic acids is 3. The maximum absolute atomic E-state index is 14.1. The van der Waals surface area contributed by atoms with Gasteiger partial charge in [-0.1, -0.05) is 35.9 Å². The van der Waals surface area contributed by atoms with Gasteiger partial charge < -0.3 is 10.2 Å². The smallest absolute Gasteiger partial charge is 0.325 e. The van der Waals surface area contributed by atoms with E-state index in [1.54, 1.807) is 0 Å². The van der Waals surface area contributed by atoms with Crippen molar-refractivity contribution in [2.24, 2.45) is 0 Å². The molecule has 2 aliphatic rings. The van der Waals surface area contributed by atoms with Crippen LogP contribution in [0.25, 0.3) is 0 Å². The van der Waals surface area contributed by atoms with Crippen LogP contribution in [0, 0.1) is 18.6 Å². The average Bonchev–Trinajstić information content (AvgIpc) is 2.93. The molecule has 2 aliphatic heterocycles. The van der Waals surface area contributed by atoms with Crippen LogP contribution in [0.1, 0.15) is 34.3 Å². The molecule has 2 aromatic carbocycles. The Balaban J connectivity index is 1.55. The third-order valence-electron chi connectivity index (χ3n) is 5.66. The lowest BCUT2D eigenvalue weighted by atomic mass is 9.88. The molecule has 2 heterocycles. The molecule has 0 aliphatic carbocycles. The van der Waals surface area contributed by atoms with Crippen LogP contribution in [-0.2, 0) is 11.3 Å². The van der Waals surface area contributed by atoms with Crippen molar-refractivity contribution in [3.05, 3.63) is 70.8 Å². The predicted octanol–water partition coefficient (Wildman–Crippen LogP) is 3.00. The van der Waals surface area contributed by atoms with Gasteiger partial charge in [-0.05, 0) is 37.5 Å². The van der Waals surface area contributed by atoms with Gasteiger partial charge in [0.05, 0.1) is 13.1 Å². The van der Waals surface area contributed by atoms with Crippen LogP contribution in [0.3, 0.4) is 0 Å².